The first kappa shape index (κ1) is 6.57. The van der Waals surface area contributed by atoms with Crippen LogP contribution in [0.25, 0.3) is 0 Å². The highest BCUT2D eigenvalue weighted by molar-refractivity contribution is 9.11. The Morgan fingerprint density at radius 1 is 1.88 bits per heavy atom. The summed E-state index contributed by atoms with van der Waals surface area (Å²) in [6, 6.07) is 0. The Hall–Kier alpha value is 0.450. The SMILES string of the molecule is CP1(=O)C=C(Br)CC1. The van der Waals surface area contributed by atoms with E-state index in [2.05, 4.69) is 15.9 Å². The molecule has 1 atom stereocenters. The molecule has 0 N–H and O–H groups in total. The van der Waals surface area contributed by atoms with Crippen molar-refractivity contribution in [1.29, 1.82) is 0 Å². The molecule has 3 heteroatoms. The van der Waals surface area contributed by atoms with Crippen molar-refractivity contribution in [2.24, 2.45) is 0 Å². The number of halogens is 1. The van der Waals surface area contributed by atoms with Crippen molar-refractivity contribution in [2.75, 3.05) is 12.8 Å². The minimum atomic E-state index is -1.81. The molecule has 0 radical (unpaired) electrons. The smallest absolute Gasteiger partial charge is 0.107 e. The number of hydrogen-bond donors (Lipinski definition) is 0. The highest BCUT2D eigenvalue weighted by atomic mass is 79.9. The van der Waals surface area contributed by atoms with Gasteiger partial charge in [-0.15, -0.1) is 0 Å². The Bertz CT molecular complexity index is 173. The molecule has 0 aromatic rings. The average Bonchev–Trinajstić information content (AvgIpc) is 1.82. The van der Waals surface area contributed by atoms with Gasteiger partial charge in [-0.3, -0.25) is 0 Å². The van der Waals surface area contributed by atoms with Crippen LogP contribution < -0.4 is 0 Å². The number of rotatable bonds is 0. The van der Waals surface area contributed by atoms with Gasteiger partial charge in [0.2, 0.25) is 0 Å². The second kappa shape index (κ2) is 2.00. The summed E-state index contributed by atoms with van der Waals surface area (Å²) >= 11 is 3.30. The van der Waals surface area contributed by atoms with Crippen LogP contribution in [-0.4, -0.2) is 12.8 Å². The maximum atomic E-state index is 11.1. The molecular weight excluding hydrogens is 187 g/mol. The summed E-state index contributed by atoms with van der Waals surface area (Å²) in [6.45, 7) is 1.82. The molecule has 0 saturated carbocycles. The van der Waals surface area contributed by atoms with Crippen molar-refractivity contribution in [3.05, 3.63) is 10.3 Å². The molecule has 1 rings (SSSR count). The first-order valence-corrected chi connectivity index (χ1v) is 5.74. The molecule has 0 spiro atoms. The molecule has 0 fully saturated rings. The number of hydrogen-bond acceptors (Lipinski definition) is 1. The second-order valence-electron chi connectivity index (χ2n) is 2.22. The summed E-state index contributed by atoms with van der Waals surface area (Å²) < 4.78 is 12.2. The van der Waals surface area contributed by atoms with E-state index in [1.165, 1.54) is 0 Å². The average molecular weight is 195 g/mol. The summed E-state index contributed by atoms with van der Waals surface area (Å²) in [6.07, 6.45) is 1.82. The minimum Gasteiger partial charge on any atom is -0.319 e. The van der Waals surface area contributed by atoms with Crippen molar-refractivity contribution in [2.45, 2.75) is 6.42 Å². The van der Waals surface area contributed by atoms with Gasteiger partial charge in [-0.25, -0.2) is 0 Å². The Morgan fingerprint density at radius 2 is 2.50 bits per heavy atom. The minimum absolute atomic E-state index is 0.855. The van der Waals surface area contributed by atoms with Gasteiger partial charge >= 0.3 is 0 Å². The van der Waals surface area contributed by atoms with E-state index in [1.54, 1.807) is 0 Å². The van der Waals surface area contributed by atoms with Crippen molar-refractivity contribution < 1.29 is 4.57 Å². The van der Waals surface area contributed by atoms with Crippen LogP contribution in [0, 0.1) is 0 Å². The van der Waals surface area contributed by atoms with Crippen molar-refractivity contribution in [3.63, 3.8) is 0 Å². The van der Waals surface area contributed by atoms with Gasteiger partial charge in [0.15, 0.2) is 0 Å². The summed E-state index contributed by atoms with van der Waals surface area (Å²) in [7, 11) is -1.81. The molecular formula is C5H8BrOP. The third-order valence-electron chi connectivity index (χ3n) is 1.21. The quantitative estimate of drug-likeness (QED) is 0.543. The normalized spacial score (nSPS) is 37.5. The largest absolute Gasteiger partial charge is 0.319 e. The van der Waals surface area contributed by atoms with Gasteiger partial charge < -0.3 is 4.57 Å². The van der Waals surface area contributed by atoms with Crippen molar-refractivity contribution in [1.82, 2.24) is 0 Å². The molecule has 0 amide bonds. The van der Waals surface area contributed by atoms with Crippen LogP contribution in [0.15, 0.2) is 10.3 Å². The van der Waals surface area contributed by atoms with Gasteiger partial charge in [0.1, 0.15) is 7.14 Å². The van der Waals surface area contributed by atoms with Crippen LogP contribution in [0.2, 0.25) is 0 Å². The maximum absolute atomic E-state index is 11.1. The van der Waals surface area contributed by atoms with Crippen molar-refractivity contribution >= 4 is 23.1 Å². The van der Waals surface area contributed by atoms with Gasteiger partial charge in [-0.05, 0) is 23.4 Å². The predicted octanol–water partition coefficient (Wildman–Crippen LogP) is 2.62. The van der Waals surface area contributed by atoms with Gasteiger partial charge in [-0.1, -0.05) is 15.9 Å². The summed E-state index contributed by atoms with van der Waals surface area (Å²) in [5, 5.41) is 0. The van der Waals surface area contributed by atoms with Gasteiger partial charge in [0, 0.05) is 6.16 Å². The molecule has 0 aromatic heterocycles. The lowest BCUT2D eigenvalue weighted by atomic mass is 10.5. The molecule has 1 heterocycles. The zero-order valence-electron chi connectivity index (χ0n) is 4.72. The van der Waals surface area contributed by atoms with Crippen LogP contribution in [0.4, 0.5) is 0 Å². The Labute approximate surface area is 57.7 Å². The molecule has 46 valence electrons. The third kappa shape index (κ3) is 1.46. The molecule has 0 aliphatic carbocycles. The molecule has 1 unspecified atom stereocenters. The number of allylic oxidation sites excluding steroid dienone is 1. The fraction of sp³-hybridized carbons (Fsp3) is 0.600. The zero-order chi connectivity index (χ0) is 6.20. The second-order valence-corrected chi connectivity index (χ2v) is 6.30. The standard InChI is InChI=1S/C5H8BrOP/c1-8(7)3-2-5(6)4-8/h4H,2-3H2,1H3. The lowest BCUT2D eigenvalue weighted by molar-refractivity contribution is 0.585. The van der Waals surface area contributed by atoms with E-state index in [4.69, 9.17) is 0 Å². The summed E-state index contributed by atoms with van der Waals surface area (Å²) in [5.41, 5.74) is 0. The molecule has 0 saturated heterocycles. The van der Waals surface area contributed by atoms with Crippen LogP contribution >= 0.6 is 23.1 Å². The lowest BCUT2D eigenvalue weighted by Gasteiger charge is -1.94. The van der Waals surface area contributed by atoms with Crippen LogP contribution in [0.3, 0.4) is 0 Å². The van der Waals surface area contributed by atoms with Crippen LogP contribution in [-0.2, 0) is 4.57 Å². The van der Waals surface area contributed by atoms with E-state index >= 15 is 0 Å². The lowest BCUT2D eigenvalue weighted by Crippen LogP contribution is -1.72. The van der Waals surface area contributed by atoms with E-state index in [0.29, 0.717) is 0 Å². The predicted molar refractivity (Wildman–Crippen MR) is 40.0 cm³/mol. The Kier molecular flexibility index (Phi) is 1.64. The topological polar surface area (TPSA) is 17.1 Å². The Morgan fingerprint density at radius 3 is 2.62 bits per heavy atom. The Balaban J connectivity index is 2.82. The fourth-order valence-corrected chi connectivity index (χ4v) is 4.09. The molecule has 0 bridgehead atoms. The van der Waals surface area contributed by atoms with E-state index in [9.17, 15) is 4.57 Å². The third-order valence-corrected chi connectivity index (χ3v) is 4.16. The van der Waals surface area contributed by atoms with Gasteiger partial charge in [-0.2, -0.15) is 0 Å². The van der Waals surface area contributed by atoms with Gasteiger partial charge in [0.25, 0.3) is 0 Å². The molecule has 1 aliphatic heterocycles. The highest BCUT2D eigenvalue weighted by Crippen LogP contribution is 2.51. The summed E-state index contributed by atoms with van der Waals surface area (Å²) in [5.74, 6) is 1.85. The maximum Gasteiger partial charge on any atom is 0.107 e. The van der Waals surface area contributed by atoms with Crippen LogP contribution in [0.1, 0.15) is 6.42 Å². The van der Waals surface area contributed by atoms with Crippen molar-refractivity contribution in [3.8, 4) is 0 Å². The van der Waals surface area contributed by atoms with Crippen LogP contribution in [0.5, 0.6) is 0 Å². The zero-order valence-corrected chi connectivity index (χ0v) is 7.21. The highest BCUT2D eigenvalue weighted by Gasteiger charge is 2.18. The van der Waals surface area contributed by atoms with E-state index in [-0.39, 0.29) is 0 Å². The molecule has 8 heavy (non-hydrogen) atoms. The van der Waals surface area contributed by atoms with E-state index in [0.717, 1.165) is 17.1 Å². The molecule has 1 nitrogen and oxygen atoms in total. The monoisotopic (exact) mass is 194 g/mol. The van der Waals surface area contributed by atoms with Gasteiger partial charge in [0.05, 0.1) is 0 Å². The first-order valence-electron chi connectivity index (χ1n) is 2.54. The molecule has 1 aliphatic rings. The van der Waals surface area contributed by atoms with E-state index < -0.39 is 7.14 Å². The van der Waals surface area contributed by atoms with E-state index in [1.807, 2.05) is 12.5 Å². The molecule has 0 aromatic carbocycles. The summed E-state index contributed by atoms with van der Waals surface area (Å²) in [4.78, 5) is 0. The first-order chi connectivity index (χ1) is 3.60. The fourth-order valence-electron chi connectivity index (χ4n) is 0.754.